The molecular formula is C14H19ClN2O4S. The molecule has 1 atom stereocenters. The van der Waals surface area contributed by atoms with E-state index in [-0.39, 0.29) is 12.2 Å². The van der Waals surface area contributed by atoms with Gasteiger partial charge in [-0.1, -0.05) is 17.7 Å². The van der Waals surface area contributed by atoms with Crippen LogP contribution in [0, 0.1) is 6.92 Å². The fourth-order valence-electron chi connectivity index (χ4n) is 1.81. The molecule has 0 heterocycles. The summed E-state index contributed by atoms with van der Waals surface area (Å²) >= 11 is 5.98. The summed E-state index contributed by atoms with van der Waals surface area (Å²) < 4.78 is 22.5. The molecule has 6 nitrogen and oxygen atoms in total. The molecule has 0 saturated carbocycles. The number of hydrogen-bond acceptors (Lipinski definition) is 4. The molecule has 122 valence electrons. The lowest BCUT2D eigenvalue weighted by Gasteiger charge is -2.18. The summed E-state index contributed by atoms with van der Waals surface area (Å²) in [5.74, 6) is -1.08. The van der Waals surface area contributed by atoms with Crippen molar-refractivity contribution >= 4 is 38.9 Å². The standard InChI is InChI=1S/C14H19ClN2O4S/c1-9-11(15)5-4-6-12(9)17-14(19)13(16-10(2)18)7-8-22(3,20)21/h4-6,13H,7-8H2,1-3H3,(H,16,18)(H,17,19)/t13-/m0/s1. The zero-order chi connectivity index (χ0) is 16.9. The summed E-state index contributed by atoms with van der Waals surface area (Å²) in [7, 11) is -3.23. The third-order valence-corrected chi connectivity index (χ3v) is 4.38. The van der Waals surface area contributed by atoms with E-state index in [1.807, 2.05) is 0 Å². The smallest absolute Gasteiger partial charge is 0.246 e. The number of hydrogen-bond donors (Lipinski definition) is 2. The van der Waals surface area contributed by atoms with E-state index in [0.29, 0.717) is 16.3 Å². The van der Waals surface area contributed by atoms with Gasteiger partial charge >= 0.3 is 0 Å². The van der Waals surface area contributed by atoms with Gasteiger partial charge in [0.25, 0.3) is 0 Å². The normalized spacial score (nSPS) is 12.5. The number of amides is 2. The summed E-state index contributed by atoms with van der Waals surface area (Å²) in [5, 5.41) is 5.62. The number of carbonyl (C=O) groups is 2. The maximum absolute atomic E-state index is 12.3. The molecule has 0 spiro atoms. The predicted molar refractivity (Wildman–Crippen MR) is 86.8 cm³/mol. The van der Waals surface area contributed by atoms with E-state index in [1.165, 1.54) is 6.92 Å². The van der Waals surface area contributed by atoms with Crippen molar-refractivity contribution in [1.29, 1.82) is 0 Å². The Morgan fingerprint density at radius 2 is 1.95 bits per heavy atom. The maximum Gasteiger partial charge on any atom is 0.246 e. The lowest BCUT2D eigenvalue weighted by molar-refractivity contribution is -0.125. The molecule has 0 bridgehead atoms. The lowest BCUT2D eigenvalue weighted by Crippen LogP contribution is -2.44. The molecule has 0 aliphatic heterocycles. The van der Waals surface area contributed by atoms with Crippen LogP contribution in [0.25, 0.3) is 0 Å². The van der Waals surface area contributed by atoms with Gasteiger partial charge in [0.1, 0.15) is 15.9 Å². The van der Waals surface area contributed by atoms with Crippen molar-refractivity contribution in [2.24, 2.45) is 0 Å². The fraction of sp³-hybridized carbons (Fsp3) is 0.429. The highest BCUT2D eigenvalue weighted by atomic mass is 35.5. The first-order valence-corrected chi connectivity index (χ1v) is 9.05. The van der Waals surface area contributed by atoms with Gasteiger partial charge in [-0.05, 0) is 31.0 Å². The molecule has 1 aromatic carbocycles. The van der Waals surface area contributed by atoms with Crippen molar-refractivity contribution in [3.8, 4) is 0 Å². The lowest BCUT2D eigenvalue weighted by atomic mass is 10.1. The number of carbonyl (C=O) groups excluding carboxylic acids is 2. The second kappa shape index (κ2) is 7.60. The van der Waals surface area contributed by atoms with Crippen LogP contribution in [0.5, 0.6) is 0 Å². The van der Waals surface area contributed by atoms with Crippen LogP contribution in [-0.4, -0.2) is 38.3 Å². The Morgan fingerprint density at radius 1 is 1.32 bits per heavy atom. The first kappa shape index (κ1) is 18.4. The van der Waals surface area contributed by atoms with Crippen LogP contribution in [0.4, 0.5) is 5.69 Å². The number of benzene rings is 1. The van der Waals surface area contributed by atoms with Crippen LogP contribution in [0.15, 0.2) is 18.2 Å². The summed E-state index contributed by atoms with van der Waals surface area (Å²) in [5.41, 5.74) is 1.22. The number of halogens is 1. The molecule has 1 aromatic rings. The van der Waals surface area contributed by atoms with E-state index in [0.717, 1.165) is 6.26 Å². The fourth-order valence-corrected chi connectivity index (χ4v) is 2.65. The van der Waals surface area contributed by atoms with E-state index in [9.17, 15) is 18.0 Å². The monoisotopic (exact) mass is 346 g/mol. The third kappa shape index (κ3) is 6.03. The molecule has 0 saturated heterocycles. The third-order valence-electron chi connectivity index (χ3n) is 3.00. The average molecular weight is 347 g/mol. The quantitative estimate of drug-likeness (QED) is 0.817. The van der Waals surface area contributed by atoms with Gasteiger partial charge in [-0.25, -0.2) is 8.42 Å². The first-order valence-electron chi connectivity index (χ1n) is 6.61. The van der Waals surface area contributed by atoms with E-state index in [2.05, 4.69) is 10.6 Å². The topological polar surface area (TPSA) is 92.3 Å². The van der Waals surface area contributed by atoms with Crippen molar-refractivity contribution < 1.29 is 18.0 Å². The Labute approximate surface area is 135 Å². The molecule has 0 aromatic heterocycles. The van der Waals surface area contributed by atoms with Crippen LogP contribution in [-0.2, 0) is 19.4 Å². The minimum absolute atomic E-state index is 0.00383. The van der Waals surface area contributed by atoms with Crippen molar-refractivity contribution in [2.75, 3.05) is 17.3 Å². The Hall–Kier alpha value is -1.60. The molecule has 0 aliphatic carbocycles. The molecule has 0 fully saturated rings. The van der Waals surface area contributed by atoms with Gasteiger partial charge in [0.15, 0.2) is 0 Å². The molecule has 2 amide bonds. The Balaban J connectivity index is 2.87. The minimum atomic E-state index is -3.23. The van der Waals surface area contributed by atoms with Gasteiger partial charge in [0.2, 0.25) is 11.8 Å². The van der Waals surface area contributed by atoms with Crippen molar-refractivity contribution in [1.82, 2.24) is 5.32 Å². The van der Waals surface area contributed by atoms with Gasteiger partial charge in [0.05, 0.1) is 5.75 Å². The molecule has 0 unspecified atom stereocenters. The highest BCUT2D eigenvalue weighted by molar-refractivity contribution is 7.90. The SMILES string of the molecule is CC(=O)N[C@@H](CCS(C)(=O)=O)C(=O)Nc1cccc(Cl)c1C. The van der Waals surface area contributed by atoms with E-state index < -0.39 is 27.7 Å². The van der Waals surface area contributed by atoms with Crippen molar-refractivity contribution in [3.63, 3.8) is 0 Å². The molecule has 22 heavy (non-hydrogen) atoms. The van der Waals surface area contributed by atoms with E-state index in [1.54, 1.807) is 25.1 Å². The zero-order valence-corrected chi connectivity index (χ0v) is 14.2. The van der Waals surface area contributed by atoms with E-state index >= 15 is 0 Å². The molecule has 1 rings (SSSR count). The van der Waals surface area contributed by atoms with Crippen LogP contribution in [0.2, 0.25) is 5.02 Å². The Morgan fingerprint density at radius 3 is 2.50 bits per heavy atom. The van der Waals surface area contributed by atoms with Gasteiger partial charge < -0.3 is 10.6 Å². The zero-order valence-electron chi connectivity index (χ0n) is 12.6. The van der Waals surface area contributed by atoms with Gasteiger partial charge in [0, 0.05) is 23.9 Å². The summed E-state index contributed by atoms with van der Waals surface area (Å²) in [6.45, 7) is 3.02. The van der Waals surface area contributed by atoms with Crippen LogP contribution < -0.4 is 10.6 Å². The van der Waals surface area contributed by atoms with Crippen LogP contribution in [0.1, 0.15) is 18.9 Å². The second-order valence-corrected chi connectivity index (χ2v) is 7.74. The van der Waals surface area contributed by atoms with Crippen molar-refractivity contribution in [2.45, 2.75) is 26.3 Å². The number of rotatable bonds is 6. The molecule has 0 aliphatic rings. The van der Waals surface area contributed by atoms with Gasteiger partial charge in [-0.15, -0.1) is 0 Å². The number of nitrogens with one attached hydrogen (secondary N) is 2. The summed E-state index contributed by atoms with van der Waals surface area (Å²) in [6.07, 6.45) is 1.08. The maximum atomic E-state index is 12.3. The molecule has 8 heteroatoms. The average Bonchev–Trinajstić information content (AvgIpc) is 2.38. The van der Waals surface area contributed by atoms with Crippen LogP contribution >= 0.6 is 11.6 Å². The predicted octanol–water partition coefficient (Wildman–Crippen LogP) is 1.53. The first-order chi connectivity index (χ1) is 10.1. The van der Waals surface area contributed by atoms with E-state index in [4.69, 9.17) is 11.6 Å². The highest BCUT2D eigenvalue weighted by Gasteiger charge is 2.22. The second-order valence-electron chi connectivity index (χ2n) is 5.07. The number of sulfone groups is 1. The number of anilines is 1. The molecular weight excluding hydrogens is 328 g/mol. The summed E-state index contributed by atoms with van der Waals surface area (Å²) in [6, 6.07) is 4.14. The Kier molecular flexibility index (Phi) is 6.37. The minimum Gasteiger partial charge on any atom is -0.345 e. The summed E-state index contributed by atoms with van der Waals surface area (Å²) in [4.78, 5) is 23.5. The Bertz CT molecular complexity index is 673. The molecule has 2 N–H and O–H groups in total. The highest BCUT2D eigenvalue weighted by Crippen LogP contribution is 2.23. The largest absolute Gasteiger partial charge is 0.345 e. The van der Waals surface area contributed by atoms with Gasteiger partial charge in [-0.3, -0.25) is 9.59 Å². The van der Waals surface area contributed by atoms with Gasteiger partial charge in [-0.2, -0.15) is 0 Å². The van der Waals surface area contributed by atoms with Crippen LogP contribution in [0.3, 0.4) is 0 Å². The van der Waals surface area contributed by atoms with Crippen molar-refractivity contribution in [3.05, 3.63) is 28.8 Å². The molecule has 0 radical (unpaired) electrons.